The number of esters is 1. The van der Waals surface area contributed by atoms with Crippen LogP contribution in [-0.2, 0) is 33.4 Å². The number of nitrogens with zero attached hydrogens (tertiary/aromatic N) is 1. The second kappa shape index (κ2) is 13.3. The monoisotopic (exact) mass is 489 g/mol. The van der Waals surface area contributed by atoms with Crippen molar-refractivity contribution >= 4 is 41.5 Å². The first-order valence-electron chi connectivity index (χ1n) is 8.89. The molecule has 32 heavy (non-hydrogen) atoms. The molecule has 0 saturated carbocycles. The molecule has 0 spiro atoms. The number of thioether (sulfide) groups is 1. The zero-order valence-electron chi connectivity index (χ0n) is 18.3. The van der Waals surface area contributed by atoms with E-state index in [0.29, 0.717) is 0 Å². The zero-order chi connectivity index (χ0) is 22.6. The van der Waals surface area contributed by atoms with Gasteiger partial charge in [-0.1, -0.05) is 0 Å². The number of nitrogens with one attached hydrogen (secondary N) is 1. The molecule has 0 radical (unpaired) electrons. The number of carboxylic acids is 2. The van der Waals surface area contributed by atoms with Crippen LogP contribution in [0.4, 0.5) is 0 Å². The Labute approximate surface area is 232 Å². The van der Waals surface area contributed by atoms with Crippen LogP contribution in [0.3, 0.4) is 0 Å². The fourth-order valence-electron chi connectivity index (χ4n) is 3.10. The second-order valence-electron chi connectivity index (χ2n) is 6.66. The molecule has 2 heterocycles. The van der Waals surface area contributed by atoms with E-state index in [1.165, 1.54) is 7.11 Å². The van der Waals surface area contributed by atoms with Crippen molar-refractivity contribution < 1.29 is 103 Å². The second-order valence-corrected chi connectivity index (χ2v) is 7.73. The number of carboxylic acid groups (broad SMARTS) is 2. The third kappa shape index (κ3) is 6.70. The first kappa shape index (κ1) is 31.4. The average Bonchev–Trinajstić information content (AvgIpc) is 2.68. The van der Waals surface area contributed by atoms with Crippen LogP contribution in [0.2, 0.25) is 0 Å². The molecule has 0 bridgehead atoms. The van der Waals surface area contributed by atoms with Crippen LogP contribution in [0, 0.1) is 0 Å². The number of carbonyl (C=O) groups excluding carboxylic acids is 5. The fraction of sp³-hybridized carbons (Fsp3) is 0.588. The number of carbonyl (C=O) groups is 5. The Morgan fingerprint density at radius 3 is 2.44 bits per heavy atom. The van der Waals surface area contributed by atoms with Gasteiger partial charge in [0, 0.05) is 37.8 Å². The van der Waals surface area contributed by atoms with Crippen molar-refractivity contribution in [3.8, 4) is 0 Å². The Hall–Kier alpha value is -0.640. The smallest absolute Gasteiger partial charge is 0.548 e. The van der Waals surface area contributed by atoms with Gasteiger partial charge in [-0.15, -0.1) is 11.8 Å². The minimum atomic E-state index is -1.79. The summed E-state index contributed by atoms with van der Waals surface area (Å²) in [5.74, 6) is -4.98. The molecular formula is C17H21N3Na2O9S. The Balaban J connectivity index is 0.00000480. The number of nitrogens with two attached hydrogens (primary N) is 1. The Kier molecular flexibility index (Phi) is 13.0. The molecule has 0 aromatic carbocycles. The third-order valence-electron chi connectivity index (χ3n) is 4.62. The van der Waals surface area contributed by atoms with E-state index in [-0.39, 0.29) is 96.3 Å². The predicted molar refractivity (Wildman–Crippen MR) is 96.5 cm³/mol. The molecule has 3 atom stereocenters. The van der Waals surface area contributed by atoms with Crippen LogP contribution in [0.15, 0.2) is 11.3 Å². The molecule has 2 amide bonds. The molecule has 166 valence electrons. The number of hydrogen-bond acceptors (Lipinski definition) is 11. The molecule has 0 aromatic heterocycles. The molecule has 0 aliphatic carbocycles. The van der Waals surface area contributed by atoms with Gasteiger partial charge in [0.15, 0.2) is 0 Å². The molecule has 1 saturated heterocycles. The van der Waals surface area contributed by atoms with Gasteiger partial charge in [0.05, 0.1) is 17.6 Å². The van der Waals surface area contributed by atoms with Gasteiger partial charge in [0.2, 0.25) is 5.91 Å². The minimum absolute atomic E-state index is 0. The van der Waals surface area contributed by atoms with Gasteiger partial charge in [-0.25, -0.2) is 0 Å². The van der Waals surface area contributed by atoms with E-state index in [1.807, 2.05) is 0 Å². The van der Waals surface area contributed by atoms with E-state index in [1.54, 1.807) is 0 Å². The number of ether oxygens (including phenoxy) is 2. The fourth-order valence-corrected chi connectivity index (χ4v) is 4.52. The topological polar surface area (TPSA) is 191 Å². The zero-order valence-corrected chi connectivity index (χ0v) is 23.1. The van der Waals surface area contributed by atoms with Crippen molar-refractivity contribution in [1.29, 1.82) is 0 Å². The summed E-state index contributed by atoms with van der Waals surface area (Å²) in [6.07, 6.45) is 0.00985. The van der Waals surface area contributed by atoms with Gasteiger partial charge in [-0.05, 0) is 12.8 Å². The van der Waals surface area contributed by atoms with Gasteiger partial charge >= 0.3 is 65.1 Å². The molecule has 3 N–H and O–H groups in total. The van der Waals surface area contributed by atoms with E-state index in [2.05, 4.69) is 5.32 Å². The number of methoxy groups -OCH3 is 1. The standard InChI is InChI=1S/C17H23N3O9S.2Na/c1-8(21)29-6-9-7-30-16-17(28-2,15(27)20(16)12(9)14(25)26)19-11(22)5-3-4-10(18)13(23)24;;/h10,16H,3-7,18H2,1-2H3,(H,19,22)(H,23,24)(H,25,26);;/q;2*+1/p-2/t10?,16-,17-;;/m0../s1. The molecule has 0 aromatic rings. The average molecular weight is 489 g/mol. The molecule has 2 rings (SSSR count). The first-order chi connectivity index (χ1) is 14.0. The van der Waals surface area contributed by atoms with Gasteiger partial charge in [0.25, 0.3) is 11.6 Å². The maximum atomic E-state index is 12.8. The van der Waals surface area contributed by atoms with Crippen molar-refractivity contribution in [3.63, 3.8) is 0 Å². The van der Waals surface area contributed by atoms with Gasteiger partial charge < -0.3 is 40.3 Å². The van der Waals surface area contributed by atoms with Gasteiger partial charge in [-0.3, -0.25) is 19.3 Å². The molecule has 1 fully saturated rings. The molecule has 2 aliphatic rings. The van der Waals surface area contributed by atoms with Gasteiger partial charge in [-0.2, -0.15) is 0 Å². The summed E-state index contributed by atoms with van der Waals surface area (Å²) in [7, 11) is 1.19. The van der Waals surface area contributed by atoms with Crippen LogP contribution in [0.5, 0.6) is 0 Å². The van der Waals surface area contributed by atoms with Crippen molar-refractivity contribution in [3.05, 3.63) is 11.3 Å². The number of aliphatic carboxylic acids is 2. The quantitative estimate of drug-likeness (QED) is 0.128. The Bertz CT molecular complexity index is 810. The maximum Gasteiger partial charge on any atom is 1.00 e. The van der Waals surface area contributed by atoms with E-state index in [4.69, 9.17) is 15.2 Å². The Morgan fingerprint density at radius 1 is 1.31 bits per heavy atom. The summed E-state index contributed by atoms with van der Waals surface area (Å²) in [5, 5.41) is 23.8. The van der Waals surface area contributed by atoms with Gasteiger partial charge in [0.1, 0.15) is 12.0 Å². The molecule has 2 aliphatic heterocycles. The molecule has 15 heteroatoms. The van der Waals surface area contributed by atoms with E-state index in [0.717, 1.165) is 23.6 Å². The van der Waals surface area contributed by atoms with E-state index in [9.17, 15) is 34.2 Å². The van der Waals surface area contributed by atoms with Crippen LogP contribution in [0.25, 0.3) is 0 Å². The number of rotatable bonds is 10. The summed E-state index contributed by atoms with van der Waals surface area (Å²) in [6, 6.07) is -1.21. The number of hydrogen-bond donors (Lipinski definition) is 2. The van der Waals surface area contributed by atoms with E-state index >= 15 is 0 Å². The summed E-state index contributed by atoms with van der Waals surface area (Å²) >= 11 is 1.12. The number of β-lactam (4-membered cyclic amide) rings is 1. The van der Waals surface area contributed by atoms with E-state index < -0.39 is 52.6 Å². The van der Waals surface area contributed by atoms with Crippen molar-refractivity contribution in [2.24, 2.45) is 5.73 Å². The largest absolute Gasteiger partial charge is 1.00 e. The summed E-state index contributed by atoms with van der Waals surface area (Å²) in [5.41, 5.74) is 3.30. The molecule has 12 nitrogen and oxygen atoms in total. The Morgan fingerprint density at radius 2 is 1.94 bits per heavy atom. The summed E-state index contributed by atoms with van der Waals surface area (Å²) < 4.78 is 10.1. The predicted octanol–water partition coefficient (Wildman–Crippen LogP) is -9.82. The minimum Gasteiger partial charge on any atom is -0.548 e. The summed E-state index contributed by atoms with van der Waals surface area (Å²) in [6.45, 7) is 0.852. The van der Waals surface area contributed by atoms with Crippen LogP contribution >= 0.6 is 11.8 Å². The van der Waals surface area contributed by atoms with Crippen LogP contribution in [-0.4, -0.2) is 71.2 Å². The van der Waals surface area contributed by atoms with Crippen molar-refractivity contribution in [2.75, 3.05) is 19.5 Å². The normalized spacial score (nSPS) is 22.4. The number of fused-ring (bicyclic) bond motifs is 1. The molecular weight excluding hydrogens is 468 g/mol. The summed E-state index contributed by atoms with van der Waals surface area (Å²) in [4.78, 5) is 59.2. The van der Waals surface area contributed by atoms with Crippen LogP contribution < -0.4 is 80.4 Å². The molecule has 1 unspecified atom stereocenters. The third-order valence-corrected chi connectivity index (χ3v) is 6.00. The first-order valence-corrected chi connectivity index (χ1v) is 9.94. The number of amides is 2. The maximum absolute atomic E-state index is 12.8. The SMILES string of the molecule is CO[C@@]1(NC(=O)CCCC(N)C(=O)[O-])C(=O)N2C(C(=O)[O-])=C(COC(C)=O)CS[C@H]21.[Na+].[Na+]. The van der Waals surface area contributed by atoms with Crippen LogP contribution in [0.1, 0.15) is 26.2 Å². The van der Waals surface area contributed by atoms with Crippen molar-refractivity contribution in [2.45, 2.75) is 43.3 Å². The van der Waals surface area contributed by atoms with Crippen molar-refractivity contribution in [1.82, 2.24) is 10.2 Å².